The van der Waals surface area contributed by atoms with Crippen LogP contribution in [0.15, 0.2) is 5.18 Å². The van der Waals surface area contributed by atoms with E-state index in [2.05, 4.69) is 12.1 Å². The van der Waals surface area contributed by atoms with E-state index in [1.807, 2.05) is 0 Å². The molecular weight excluding hydrogens is 142 g/mol. The highest BCUT2D eigenvalue weighted by atomic mass is 16.6. The summed E-state index contributed by atoms with van der Waals surface area (Å²) in [7, 11) is 0. The molecular formula is C8H15NO2. The molecule has 11 heavy (non-hydrogen) atoms. The van der Waals surface area contributed by atoms with Crippen molar-refractivity contribution < 1.29 is 4.74 Å². The van der Waals surface area contributed by atoms with Gasteiger partial charge in [-0.2, -0.15) is 4.91 Å². The van der Waals surface area contributed by atoms with Crippen molar-refractivity contribution in [2.75, 3.05) is 6.54 Å². The second-order valence-corrected chi connectivity index (χ2v) is 3.08. The molecule has 1 rings (SSSR count). The Morgan fingerprint density at radius 2 is 2.09 bits per heavy atom. The Balaban J connectivity index is 1.78. The summed E-state index contributed by atoms with van der Waals surface area (Å²) in [5.41, 5.74) is 0. The van der Waals surface area contributed by atoms with E-state index in [9.17, 15) is 4.91 Å². The minimum absolute atomic E-state index is 0.473. The van der Waals surface area contributed by atoms with Crippen LogP contribution in [0.3, 0.4) is 0 Å². The van der Waals surface area contributed by atoms with Crippen LogP contribution in [0.4, 0.5) is 0 Å². The van der Waals surface area contributed by atoms with E-state index in [-0.39, 0.29) is 0 Å². The first kappa shape index (κ1) is 8.65. The van der Waals surface area contributed by atoms with Crippen molar-refractivity contribution in [3.63, 3.8) is 0 Å². The van der Waals surface area contributed by atoms with Gasteiger partial charge in [-0.25, -0.2) is 0 Å². The van der Waals surface area contributed by atoms with Crippen LogP contribution < -0.4 is 0 Å². The van der Waals surface area contributed by atoms with Gasteiger partial charge in [0.25, 0.3) is 0 Å². The van der Waals surface area contributed by atoms with Crippen LogP contribution in [0.1, 0.15) is 32.6 Å². The third-order valence-electron chi connectivity index (χ3n) is 2.07. The zero-order chi connectivity index (χ0) is 8.10. The molecule has 1 aliphatic rings. The molecule has 1 fully saturated rings. The third-order valence-corrected chi connectivity index (χ3v) is 2.07. The molecule has 1 heterocycles. The predicted octanol–water partition coefficient (Wildman–Crippen LogP) is 2.10. The van der Waals surface area contributed by atoms with E-state index < -0.39 is 0 Å². The molecule has 0 N–H and O–H groups in total. The molecule has 0 amide bonds. The molecule has 0 bridgehead atoms. The quantitative estimate of drug-likeness (QED) is 0.336. The number of ether oxygens (including phenoxy) is 1. The van der Waals surface area contributed by atoms with Crippen LogP contribution in [0.25, 0.3) is 0 Å². The summed E-state index contributed by atoms with van der Waals surface area (Å²) in [6.45, 7) is 2.57. The number of epoxide rings is 1. The molecule has 0 spiro atoms. The van der Waals surface area contributed by atoms with Crippen molar-refractivity contribution in [1.82, 2.24) is 0 Å². The fourth-order valence-electron chi connectivity index (χ4n) is 1.23. The van der Waals surface area contributed by atoms with Crippen LogP contribution >= 0.6 is 0 Å². The summed E-state index contributed by atoms with van der Waals surface area (Å²) in [5, 5.41) is 2.80. The van der Waals surface area contributed by atoms with E-state index in [1.54, 1.807) is 0 Å². The van der Waals surface area contributed by atoms with Crippen LogP contribution in [0.5, 0.6) is 0 Å². The number of nitroso groups, excluding NO2 is 1. The molecule has 0 saturated carbocycles. The summed E-state index contributed by atoms with van der Waals surface area (Å²) < 4.78 is 5.24. The van der Waals surface area contributed by atoms with Crippen molar-refractivity contribution in [2.24, 2.45) is 5.18 Å². The number of unbranched alkanes of at least 4 members (excludes halogenated alkanes) is 2. The minimum Gasteiger partial charge on any atom is -0.370 e. The maximum atomic E-state index is 9.69. The Kier molecular flexibility index (Phi) is 3.49. The lowest BCUT2D eigenvalue weighted by Gasteiger charge is -1.93. The Labute approximate surface area is 67.1 Å². The van der Waals surface area contributed by atoms with E-state index in [1.165, 1.54) is 6.42 Å². The highest BCUT2D eigenvalue weighted by molar-refractivity contribution is 4.79. The van der Waals surface area contributed by atoms with Gasteiger partial charge in [-0.1, -0.05) is 18.0 Å². The van der Waals surface area contributed by atoms with Gasteiger partial charge in [-0.15, -0.1) is 0 Å². The molecule has 1 aliphatic heterocycles. The molecule has 3 nitrogen and oxygen atoms in total. The predicted molar refractivity (Wildman–Crippen MR) is 43.5 cm³/mol. The summed E-state index contributed by atoms with van der Waals surface area (Å²) in [6.07, 6.45) is 5.37. The smallest absolute Gasteiger partial charge is 0.0839 e. The molecule has 0 aromatic carbocycles. The highest BCUT2D eigenvalue weighted by Crippen LogP contribution is 2.26. The fraction of sp³-hybridized carbons (Fsp3) is 1.00. The summed E-state index contributed by atoms with van der Waals surface area (Å²) in [6, 6.07) is 0. The van der Waals surface area contributed by atoms with Gasteiger partial charge in [0.1, 0.15) is 0 Å². The topological polar surface area (TPSA) is 42.0 Å². The van der Waals surface area contributed by atoms with Crippen molar-refractivity contribution in [2.45, 2.75) is 44.8 Å². The van der Waals surface area contributed by atoms with Crippen LogP contribution in [-0.4, -0.2) is 18.8 Å². The Morgan fingerprint density at radius 1 is 1.36 bits per heavy atom. The molecule has 1 unspecified atom stereocenters. The number of hydrogen-bond acceptors (Lipinski definition) is 3. The molecule has 0 aliphatic carbocycles. The molecule has 0 radical (unpaired) electrons. The maximum Gasteiger partial charge on any atom is 0.0839 e. The Hall–Kier alpha value is -0.440. The first-order valence-electron chi connectivity index (χ1n) is 4.29. The second kappa shape index (κ2) is 4.44. The molecule has 64 valence electrons. The molecule has 1 saturated heterocycles. The van der Waals surface area contributed by atoms with Gasteiger partial charge in [0.15, 0.2) is 0 Å². The fourth-order valence-corrected chi connectivity index (χ4v) is 1.23. The van der Waals surface area contributed by atoms with Crippen LogP contribution in [-0.2, 0) is 4.74 Å². The van der Waals surface area contributed by atoms with Gasteiger partial charge < -0.3 is 4.74 Å². The van der Waals surface area contributed by atoms with Gasteiger partial charge in [-0.05, 0) is 19.8 Å². The van der Waals surface area contributed by atoms with Crippen molar-refractivity contribution >= 4 is 0 Å². The first-order chi connectivity index (χ1) is 5.34. The third kappa shape index (κ3) is 3.46. The monoisotopic (exact) mass is 157 g/mol. The summed E-state index contributed by atoms with van der Waals surface area (Å²) in [5.74, 6) is 0. The van der Waals surface area contributed by atoms with Gasteiger partial charge >= 0.3 is 0 Å². The summed E-state index contributed by atoms with van der Waals surface area (Å²) >= 11 is 0. The normalized spacial score (nSPS) is 28.5. The SMILES string of the molecule is C[C@@H]1OC1CCCCCN=O. The minimum atomic E-state index is 0.473. The van der Waals surface area contributed by atoms with Crippen molar-refractivity contribution in [3.05, 3.63) is 4.91 Å². The standard InChI is InChI=1S/C8H15NO2/c1-7-8(11-7)5-3-2-4-6-9-10/h7-8H,2-6H2,1H3/t7-,8?/m0/s1. The number of nitrogens with zero attached hydrogens (tertiary/aromatic N) is 1. The first-order valence-corrected chi connectivity index (χ1v) is 4.29. The highest BCUT2D eigenvalue weighted by Gasteiger charge is 2.32. The van der Waals surface area contributed by atoms with Crippen LogP contribution in [0, 0.1) is 4.91 Å². The maximum absolute atomic E-state index is 9.69. The van der Waals surface area contributed by atoms with Gasteiger partial charge in [0.2, 0.25) is 0 Å². The van der Waals surface area contributed by atoms with E-state index >= 15 is 0 Å². The Bertz CT molecular complexity index is 127. The zero-order valence-corrected chi connectivity index (χ0v) is 6.95. The molecule has 2 atom stereocenters. The van der Waals surface area contributed by atoms with Crippen LogP contribution in [0.2, 0.25) is 0 Å². The van der Waals surface area contributed by atoms with Gasteiger partial charge in [-0.3, -0.25) is 0 Å². The van der Waals surface area contributed by atoms with Gasteiger partial charge in [0.05, 0.1) is 18.8 Å². The largest absolute Gasteiger partial charge is 0.370 e. The van der Waals surface area contributed by atoms with E-state index in [0.29, 0.717) is 18.8 Å². The zero-order valence-electron chi connectivity index (χ0n) is 6.95. The van der Waals surface area contributed by atoms with Gasteiger partial charge in [0, 0.05) is 0 Å². The molecule has 3 heteroatoms. The summed E-state index contributed by atoms with van der Waals surface area (Å²) in [4.78, 5) is 9.69. The lowest BCUT2D eigenvalue weighted by atomic mass is 10.1. The number of rotatable bonds is 6. The molecule has 0 aromatic rings. The van der Waals surface area contributed by atoms with Crippen molar-refractivity contribution in [1.29, 1.82) is 0 Å². The lowest BCUT2D eigenvalue weighted by Crippen LogP contribution is -1.90. The Morgan fingerprint density at radius 3 is 2.64 bits per heavy atom. The average Bonchev–Trinajstić information content (AvgIpc) is 2.67. The van der Waals surface area contributed by atoms with Crippen molar-refractivity contribution in [3.8, 4) is 0 Å². The molecule has 0 aromatic heterocycles. The van der Waals surface area contributed by atoms with E-state index in [0.717, 1.165) is 19.3 Å². The average molecular weight is 157 g/mol. The second-order valence-electron chi connectivity index (χ2n) is 3.08. The van der Waals surface area contributed by atoms with E-state index in [4.69, 9.17) is 4.74 Å². The number of hydrogen-bond donors (Lipinski definition) is 0. The lowest BCUT2D eigenvalue weighted by molar-refractivity contribution is 0.365.